The van der Waals surface area contributed by atoms with E-state index in [9.17, 15) is 4.79 Å². The summed E-state index contributed by atoms with van der Waals surface area (Å²) in [5, 5.41) is 0. The van der Waals surface area contributed by atoms with Crippen molar-refractivity contribution in [1.82, 2.24) is 0 Å². The lowest BCUT2D eigenvalue weighted by Gasteiger charge is -2.11. The summed E-state index contributed by atoms with van der Waals surface area (Å²) in [7, 11) is 0. The van der Waals surface area contributed by atoms with Crippen LogP contribution in [0.3, 0.4) is 0 Å². The number of rotatable bonds is 1. The maximum absolute atomic E-state index is 10.7. The van der Waals surface area contributed by atoms with Gasteiger partial charge >= 0.3 is 0 Å². The van der Waals surface area contributed by atoms with Crippen LogP contribution in [-0.2, 0) is 4.79 Å². The third kappa shape index (κ3) is 1.67. The monoisotopic (exact) mass is 124 g/mol. The van der Waals surface area contributed by atoms with Crippen molar-refractivity contribution in [3.8, 4) is 0 Å². The molecule has 1 aliphatic carbocycles. The Morgan fingerprint density at radius 2 is 2.44 bits per heavy atom. The summed E-state index contributed by atoms with van der Waals surface area (Å²) in [6.07, 6.45) is 7.54. The van der Waals surface area contributed by atoms with E-state index in [4.69, 9.17) is 0 Å². The van der Waals surface area contributed by atoms with E-state index in [1.54, 1.807) is 6.92 Å². The second kappa shape index (κ2) is 2.81. The molecule has 0 aromatic rings. The Hall–Kier alpha value is -0.590. The smallest absolute Gasteiger partial charge is 0.136 e. The largest absolute Gasteiger partial charge is 0.299 e. The van der Waals surface area contributed by atoms with Gasteiger partial charge in [-0.15, -0.1) is 0 Å². The molecule has 0 spiro atoms. The van der Waals surface area contributed by atoms with Crippen molar-refractivity contribution in [2.24, 2.45) is 5.92 Å². The van der Waals surface area contributed by atoms with E-state index in [0.717, 1.165) is 12.8 Å². The highest BCUT2D eigenvalue weighted by molar-refractivity contribution is 5.80. The Bertz CT molecular complexity index is 136. The van der Waals surface area contributed by atoms with Crippen molar-refractivity contribution in [3.05, 3.63) is 12.2 Å². The number of hydrogen-bond acceptors (Lipinski definition) is 1. The Kier molecular flexibility index (Phi) is 2.04. The molecule has 0 aromatic carbocycles. The number of Topliss-reactive ketones (excluding diaryl/α,β-unsaturated/α-hetero) is 1. The first-order valence-electron chi connectivity index (χ1n) is 3.48. The van der Waals surface area contributed by atoms with Gasteiger partial charge < -0.3 is 0 Å². The maximum Gasteiger partial charge on any atom is 0.136 e. The van der Waals surface area contributed by atoms with Crippen LogP contribution in [0.25, 0.3) is 0 Å². The zero-order chi connectivity index (χ0) is 6.69. The average molecular weight is 124 g/mol. The molecule has 0 radical (unpaired) electrons. The summed E-state index contributed by atoms with van der Waals surface area (Å²) < 4.78 is 0. The first kappa shape index (κ1) is 6.53. The number of ketones is 1. The van der Waals surface area contributed by atoms with E-state index in [-0.39, 0.29) is 5.92 Å². The average Bonchev–Trinajstić information content (AvgIpc) is 1.90. The summed E-state index contributed by atoms with van der Waals surface area (Å²) in [6.45, 7) is 1.67. The second-order valence-electron chi connectivity index (χ2n) is 2.58. The molecule has 1 heteroatoms. The first-order valence-corrected chi connectivity index (χ1v) is 3.48. The molecule has 0 amide bonds. The molecule has 0 fully saturated rings. The highest BCUT2D eigenvalue weighted by Crippen LogP contribution is 2.16. The number of hydrogen-bond donors (Lipinski definition) is 0. The number of carbonyl (C=O) groups is 1. The Labute approximate surface area is 55.8 Å². The van der Waals surface area contributed by atoms with Gasteiger partial charge in [0.05, 0.1) is 0 Å². The van der Waals surface area contributed by atoms with Gasteiger partial charge in [-0.1, -0.05) is 12.2 Å². The Morgan fingerprint density at radius 1 is 1.67 bits per heavy atom. The molecule has 0 saturated carbocycles. The summed E-state index contributed by atoms with van der Waals surface area (Å²) in [4.78, 5) is 10.7. The van der Waals surface area contributed by atoms with Crippen molar-refractivity contribution in [1.29, 1.82) is 0 Å². The van der Waals surface area contributed by atoms with Crippen molar-refractivity contribution < 1.29 is 4.79 Å². The fourth-order valence-electron chi connectivity index (χ4n) is 1.15. The Balaban J connectivity index is 2.50. The molecule has 0 aliphatic heterocycles. The lowest BCUT2D eigenvalue weighted by molar-refractivity contribution is -0.119. The standard InChI is InChI=1S/C8H12O/c1-7(9)8-5-3-2-4-6-8/h3,5,8H,2,4,6H2,1H3/t8-/m0/s1. The quantitative estimate of drug-likeness (QED) is 0.488. The van der Waals surface area contributed by atoms with Gasteiger partial charge in [0.2, 0.25) is 0 Å². The van der Waals surface area contributed by atoms with E-state index < -0.39 is 0 Å². The van der Waals surface area contributed by atoms with E-state index in [0.29, 0.717) is 5.78 Å². The van der Waals surface area contributed by atoms with Gasteiger partial charge in [0, 0.05) is 5.92 Å². The van der Waals surface area contributed by atoms with Crippen LogP contribution < -0.4 is 0 Å². The predicted molar refractivity (Wildman–Crippen MR) is 37.2 cm³/mol. The normalized spacial score (nSPS) is 26.1. The van der Waals surface area contributed by atoms with Gasteiger partial charge in [0.25, 0.3) is 0 Å². The van der Waals surface area contributed by atoms with Gasteiger partial charge in [0.15, 0.2) is 0 Å². The molecule has 50 valence electrons. The molecular weight excluding hydrogens is 112 g/mol. The third-order valence-electron chi connectivity index (χ3n) is 1.78. The minimum absolute atomic E-state index is 0.235. The van der Waals surface area contributed by atoms with Crippen LogP contribution in [0.1, 0.15) is 26.2 Å². The number of allylic oxidation sites excluding steroid dienone is 2. The minimum Gasteiger partial charge on any atom is -0.299 e. The van der Waals surface area contributed by atoms with Crippen molar-refractivity contribution in [2.45, 2.75) is 26.2 Å². The van der Waals surface area contributed by atoms with Gasteiger partial charge in [0.1, 0.15) is 5.78 Å². The third-order valence-corrected chi connectivity index (χ3v) is 1.78. The van der Waals surface area contributed by atoms with Crippen LogP contribution in [0, 0.1) is 5.92 Å². The molecule has 0 N–H and O–H groups in total. The van der Waals surface area contributed by atoms with Gasteiger partial charge in [-0.25, -0.2) is 0 Å². The summed E-state index contributed by atoms with van der Waals surface area (Å²) >= 11 is 0. The van der Waals surface area contributed by atoms with E-state index in [1.807, 2.05) is 6.08 Å². The zero-order valence-corrected chi connectivity index (χ0v) is 5.76. The SMILES string of the molecule is CC(=O)[C@H]1C=CCCC1. The van der Waals surface area contributed by atoms with Crippen LogP contribution in [-0.4, -0.2) is 5.78 Å². The maximum atomic E-state index is 10.7. The van der Waals surface area contributed by atoms with Crippen molar-refractivity contribution in [3.63, 3.8) is 0 Å². The highest BCUT2D eigenvalue weighted by Gasteiger charge is 2.11. The molecule has 0 bridgehead atoms. The molecule has 0 unspecified atom stereocenters. The van der Waals surface area contributed by atoms with E-state index >= 15 is 0 Å². The molecule has 0 heterocycles. The lowest BCUT2D eigenvalue weighted by Crippen LogP contribution is -2.09. The molecule has 0 aromatic heterocycles. The second-order valence-corrected chi connectivity index (χ2v) is 2.58. The number of carbonyl (C=O) groups excluding carboxylic acids is 1. The van der Waals surface area contributed by atoms with E-state index in [2.05, 4.69) is 6.08 Å². The summed E-state index contributed by atoms with van der Waals surface area (Å²) in [5.74, 6) is 0.546. The summed E-state index contributed by atoms with van der Waals surface area (Å²) in [6, 6.07) is 0. The molecule has 1 atom stereocenters. The van der Waals surface area contributed by atoms with E-state index in [1.165, 1.54) is 6.42 Å². The van der Waals surface area contributed by atoms with Gasteiger partial charge in [-0.05, 0) is 26.2 Å². The predicted octanol–water partition coefficient (Wildman–Crippen LogP) is 1.93. The molecule has 1 aliphatic rings. The molecule has 0 saturated heterocycles. The highest BCUT2D eigenvalue weighted by atomic mass is 16.1. The molecular formula is C8H12O. The molecule has 9 heavy (non-hydrogen) atoms. The topological polar surface area (TPSA) is 17.1 Å². The first-order chi connectivity index (χ1) is 4.30. The molecule has 1 nitrogen and oxygen atoms in total. The van der Waals surface area contributed by atoms with Gasteiger partial charge in [-0.3, -0.25) is 4.79 Å². The van der Waals surface area contributed by atoms with Gasteiger partial charge in [-0.2, -0.15) is 0 Å². The van der Waals surface area contributed by atoms with Crippen molar-refractivity contribution >= 4 is 5.78 Å². The fraction of sp³-hybridized carbons (Fsp3) is 0.625. The van der Waals surface area contributed by atoms with Crippen molar-refractivity contribution in [2.75, 3.05) is 0 Å². The van der Waals surface area contributed by atoms with Crippen LogP contribution >= 0.6 is 0 Å². The minimum atomic E-state index is 0.235. The van der Waals surface area contributed by atoms with Crippen LogP contribution in [0.4, 0.5) is 0 Å². The fourth-order valence-corrected chi connectivity index (χ4v) is 1.15. The van der Waals surface area contributed by atoms with Crippen LogP contribution in [0.5, 0.6) is 0 Å². The lowest BCUT2D eigenvalue weighted by atomic mass is 9.93. The molecule has 1 rings (SSSR count). The zero-order valence-electron chi connectivity index (χ0n) is 5.76. The van der Waals surface area contributed by atoms with Crippen LogP contribution in [0.15, 0.2) is 12.2 Å². The summed E-state index contributed by atoms with van der Waals surface area (Å²) in [5.41, 5.74) is 0. The van der Waals surface area contributed by atoms with Crippen LogP contribution in [0.2, 0.25) is 0 Å². The Morgan fingerprint density at radius 3 is 2.78 bits per heavy atom.